The van der Waals surface area contributed by atoms with E-state index in [9.17, 15) is 10.2 Å². The van der Waals surface area contributed by atoms with Gasteiger partial charge in [-0.15, -0.1) is 0 Å². The van der Waals surface area contributed by atoms with Crippen LogP contribution in [0.25, 0.3) is 0 Å². The van der Waals surface area contributed by atoms with Gasteiger partial charge in [0.05, 0.1) is 25.9 Å². The molecule has 1 aliphatic carbocycles. The Kier molecular flexibility index (Phi) is 8.56. The number of para-hydroxylation sites is 1. The van der Waals surface area contributed by atoms with Gasteiger partial charge in [-0.05, 0) is 18.9 Å². The number of β-amino-alcohol motifs (C(OH)–C–C–N with tert-alkyl or cyclic N) is 1. The van der Waals surface area contributed by atoms with Gasteiger partial charge in [-0.25, -0.2) is 0 Å². The lowest BCUT2D eigenvalue weighted by Crippen LogP contribution is -2.42. The van der Waals surface area contributed by atoms with Crippen LogP contribution in [-0.2, 0) is 11.3 Å². The molecule has 0 unspecified atom stereocenters. The van der Waals surface area contributed by atoms with E-state index in [0.717, 1.165) is 44.3 Å². The summed E-state index contributed by atoms with van der Waals surface area (Å²) in [6.07, 6.45) is 4.52. The van der Waals surface area contributed by atoms with E-state index in [-0.39, 0.29) is 6.61 Å². The van der Waals surface area contributed by atoms with E-state index in [1.807, 2.05) is 18.2 Å². The lowest BCUT2D eigenvalue weighted by molar-refractivity contribution is 0.00376. The maximum absolute atomic E-state index is 10.7. The summed E-state index contributed by atoms with van der Waals surface area (Å²) in [5, 5.41) is 24.5. The Morgan fingerprint density at radius 3 is 2.69 bits per heavy atom. The number of aliphatic hydroxyl groups is 2. The van der Waals surface area contributed by atoms with Crippen molar-refractivity contribution in [3.63, 3.8) is 0 Å². The van der Waals surface area contributed by atoms with Gasteiger partial charge in [0.25, 0.3) is 0 Å². The van der Waals surface area contributed by atoms with Crippen LogP contribution in [-0.4, -0.2) is 79.9 Å². The highest BCUT2D eigenvalue weighted by molar-refractivity contribution is 5.46. The zero-order chi connectivity index (χ0) is 20.5. The number of aliphatic hydroxyl groups excluding tert-OH is 1. The van der Waals surface area contributed by atoms with Crippen molar-refractivity contribution in [3.05, 3.63) is 23.8 Å². The van der Waals surface area contributed by atoms with Crippen molar-refractivity contribution in [3.8, 4) is 11.5 Å². The van der Waals surface area contributed by atoms with E-state index in [1.54, 1.807) is 7.11 Å². The van der Waals surface area contributed by atoms with Gasteiger partial charge in [0, 0.05) is 38.3 Å². The molecule has 0 bridgehead atoms. The van der Waals surface area contributed by atoms with Gasteiger partial charge < -0.3 is 29.7 Å². The predicted octanol–water partition coefficient (Wildman–Crippen LogP) is 1.55. The Labute approximate surface area is 173 Å². The van der Waals surface area contributed by atoms with Crippen LogP contribution in [0.1, 0.15) is 37.7 Å². The molecule has 0 aromatic heterocycles. The first-order valence-electron chi connectivity index (χ1n) is 10.8. The fourth-order valence-corrected chi connectivity index (χ4v) is 4.16. The number of nitrogens with zero attached hydrogens (tertiary/aromatic N) is 1. The minimum atomic E-state index is -0.605. The molecular weight excluding hydrogens is 372 g/mol. The summed E-state index contributed by atoms with van der Waals surface area (Å²) in [5.74, 6) is 1.30. The Balaban J connectivity index is 1.54. The first-order chi connectivity index (χ1) is 14.1. The summed E-state index contributed by atoms with van der Waals surface area (Å²) < 4.78 is 16.8. The molecule has 1 saturated carbocycles. The number of ether oxygens (including phenoxy) is 3. The zero-order valence-corrected chi connectivity index (χ0v) is 17.6. The van der Waals surface area contributed by atoms with Crippen molar-refractivity contribution in [2.24, 2.45) is 0 Å². The topological polar surface area (TPSA) is 83.4 Å². The molecule has 0 amide bonds. The molecule has 3 N–H and O–H groups in total. The SMILES string of the molecule is COc1cccc(CNCC2(O)CCCCC2)c1OC[C@H](O)CN1CCOCC1. The van der Waals surface area contributed by atoms with E-state index in [4.69, 9.17) is 14.2 Å². The number of hydrogen-bond acceptors (Lipinski definition) is 7. The molecule has 2 aliphatic rings. The Bertz CT molecular complexity index is 615. The van der Waals surface area contributed by atoms with Crippen molar-refractivity contribution >= 4 is 0 Å². The molecule has 7 nitrogen and oxygen atoms in total. The molecule has 1 saturated heterocycles. The fraction of sp³-hybridized carbons (Fsp3) is 0.727. The third-order valence-corrected chi connectivity index (χ3v) is 5.83. The van der Waals surface area contributed by atoms with Crippen molar-refractivity contribution in [2.75, 3.05) is 53.1 Å². The summed E-state index contributed by atoms with van der Waals surface area (Å²) in [7, 11) is 1.62. The van der Waals surface area contributed by atoms with Crippen molar-refractivity contribution in [1.29, 1.82) is 0 Å². The third kappa shape index (κ3) is 6.83. The maximum atomic E-state index is 10.7. The first-order valence-corrected chi connectivity index (χ1v) is 10.8. The Morgan fingerprint density at radius 1 is 1.21 bits per heavy atom. The molecule has 1 aliphatic heterocycles. The van der Waals surface area contributed by atoms with Crippen molar-refractivity contribution in [1.82, 2.24) is 10.2 Å². The van der Waals surface area contributed by atoms with E-state index >= 15 is 0 Å². The molecule has 1 atom stereocenters. The molecule has 1 heterocycles. The second-order valence-corrected chi connectivity index (χ2v) is 8.21. The second kappa shape index (κ2) is 11.1. The molecule has 0 radical (unpaired) electrons. The van der Waals surface area contributed by atoms with Gasteiger partial charge >= 0.3 is 0 Å². The van der Waals surface area contributed by atoms with Gasteiger partial charge in [-0.1, -0.05) is 31.4 Å². The number of hydrogen-bond donors (Lipinski definition) is 3. The predicted molar refractivity (Wildman–Crippen MR) is 111 cm³/mol. The summed E-state index contributed by atoms with van der Waals surface area (Å²) in [6.45, 7) is 5.02. The highest BCUT2D eigenvalue weighted by Gasteiger charge is 2.28. The Hall–Kier alpha value is -1.38. The maximum Gasteiger partial charge on any atom is 0.165 e. The van der Waals surface area contributed by atoms with E-state index < -0.39 is 11.7 Å². The standard InChI is InChI=1S/C22H36N2O5/c1-27-20-7-5-6-18(14-23-17-22(26)8-3-2-4-9-22)21(20)29-16-19(25)15-24-10-12-28-13-11-24/h5-7,19,23,25-26H,2-4,8-17H2,1H3/t19-/m1/s1. The summed E-state index contributed by atoms with van der Waals surface area (Å²) in [6, 6.07) is 5.79. The van der Waals surface area contributed by atoms with Crippen LogP contribution in [0.15, 0.2) is 18.2 Å². The van der Waals surface area contributed by atoms with Crippen LogP contribution < -0.4 is 14.8 Å². The van der Waals surface area contributed by atoms with Crippen LogP contribution >= 0.6 is 0 Å². The molecule has 1 aromatic carbocycles. The highest BCUT2D eigenvalue weighted by Crippen LogP contribution is 2.32. The van der Waals surface area contributed by atoms with Gasteiger partial charge in [0.2, 0.25) is 0 Å². The minimum absolute atomic E-state index is 0.203. The van der Waals surface area contributed by atoms with Gasteiger partial charge in [-0.3, -0.25) is 4.90 Å². The van der Waals surface area contributed by atoms with Gasteiger partial charge in [0.15, 0.2) is 11.5 Å². The highest BCUT2D eigenvalue weighted by atomic mass is 16.5. The van der Waals surface area contributed by atoms with E-state index in [0.29, 0.717) is 44.3 Å². The number of rotatable bonds is 10. The molecule has 1 aromatic rings. The number of morpholine rings is 1. The Morgan fingerprint density at radius 2 is 1.97 bits per heavy atom. The first kappa shape index (κ1) is 22.3. The van der Waals surface area contributed by atoms with E-state index in [2.05, 4.69) is 10.2 Å². The smallest absolute Gasteiger partial charge is 0.165 e. The quantitative estimate of drug-likeness (QED) is 0.542. The van der Waals surface area contributed by atoms with Crippen molar-refractivity contribution in [2.45, 2.75) is 50.4 Å². The monoisotopic (exact) mass is 408 g/mol. The molecule has 164 valence electrons. The molecular formula is C22H36N2O5. The summed E-state index contributed by atoms with van der Waals surface area (Å²) >= 11 is 0. The molecule has 2 fully saturated rings. The molecule has 7 heteroatoms. The number of nitrogens with one attached hydrogen (secondary N) is 1. The average molecular weight is 409 g/mol. The van der Waals surface area contributed by atoms with Gasteiger partial charge in [-0.2, -0.15) is 0 Å². The van der Waals surface area contributed by atoms with Crippen LogP contribution in [0.3, 0.4) is 0 Å². The van der Waals surface area contributed by atoms with Crippen LogP contribution in [0.5, 0.6) is 11.5 Å². The summed E-state index contributed by atoms with van der Waals surface area (Å²) in [5.41, 5.74) is 0.356. The minimum Gasteiger partial charge on any atom is -0.493 e. The lowest BCUT2D eigenvalue weighted by Gasteiger charge is -2.32. The lowest BCUT2D eigenvalue weighted by atomic mass is 9.85. The molecule has 3 rings (SSSR count). The largest absolute Gasteiger partial charge is 0.493 e. The molecule has 29 heavy (non-hydrogen) atoms. The van der Waals surface area contributed by atoms with Gasteiger partial charge in [0.1, 0.15) is 12.7 Å². The summed E-state index contributed by atoms with van der Waals surface area (Å²) in [4.78, 5) is 2.19. The van der Waals surface area contributed by atoms with Crippen molar-refractivity contribution < 1.29 is 24.4 Å². The van der Waals surface area contributed by atoms with Crippen LogP contribution in [0, 0.1) is 0 Å². The number of methoxy groups -OCH3 is 1. The average Bonchev–Trinajstić information content (AvgIpc) is 2.73. The number of benzene rings is 1. The van der Waals surface area contributed by atoms with Crippen LogP contribution in [0.2, 0.25) is 0 Å². The van der Waals surface area contributed by atoms with E-state index in [1.165, 1.54) is 6.42 Å². The van der Waals surface area contributed by atoms with Crippen LogP contribution in [0.4, 0.5) is 0 Å². The normalized spacial score (nSPS) is 20.9. The second-order valence-electron chi connectivity index (χ2n) is 8.21. The fourth-order valence-electron chi connectivity index (χ4n) is 4.16. The third-order valence-electron chi connectivity index (χ3n) is 5.83. The molecule has 0 spiro atoms. The zero-order valence-electron chi connectivity index (χ0n) is 17.6.